The van der Waals surface area contributed by atoms with Crippen LogP contribution in [-0.2, 0) is 0 Å². The molecule has 0 radical (unpaired) electrons. The lowest BCUT2D eigenvalue weighted by molar-refractivity contribution is 0.589. The number of benzene rings is 2. The van der Waals surface area contributed by atoms with Crippen LogP contribution in [0, 0.1) is 5.82 Å². The molecule has 1 fully saturated rings. The van der Waals surface area contributed by atoms with Gasteiger partial charge in [0.05, 0.1) is 11.4 Å². The lowest BCUT2D eigenvalue weighted by atomic mass is 10.0. The van der Waals surface area contributed by atoms with Crippen LogP contribution in [0.3, 0.4) is 0 Å². The molecule has 0 aliphatic carbocycles. The highest BCUT2D eigenvalue weighted by molar-refractivity contribution is 7.98. The van der Waals surface area contributed by atoms with E-state index in [1.807, 2.05) is 48.7 Å². The minimum atomic E-state index is -0.384. The molecule has 0 unspecified atom stereocenters. The summed E-state index contributed by atoms with van der Waals surface area (Å²) in [5.74, 6) is -0.384. The SMILES string of the molecule is CCN(C)SNc1cc(Cl)cc(-c2cn(-c3ccc(N4CCNCC4)cc3)nc2-c2ccncc2)c1F. The predicted octanol–water partition coefficient (Wildman–Crippen LogP) is 5.73. The highest BCUT2D eigenvalue weighted by Crippen LogP contribution is 2.38. The molecule has 0 amide bonds. The van der Waals surface area contributed by atoms with Gasteiger partial charge >= 0.3 is 0 Å². The van der Waals surface area contributed by atoms with E-state index >= 15 is 4.39 Å². The molecule has 4 aromatic rings. The first kappa shape index (κ1) is 25.5. The van der Waals surface area contributed by atoms with Gasteiger partial charge in [0.15, 0.2) is 5.82 Å². The van der Waals surface area contributed by atoms with Crippen molar-refractivity contribution in [3.05, 3.63) is 78.0 Å². The summed E-state index contributed by atoms with van der Waals surface area (Å²) >= 11 is 7.78. The molecule has 1 aliphatic rings. The number of piperazine rings is 1. The number of pyridine rings is 1. The van der Waals surface area contributed by atoms with Gasteiger partial charge in [-0.1, -0.05) is 18.5 Å². The fourth-order valence-electron chi connectivity index (χ4n) is 4.22. The summed E-state index contributed by atoms with van der Waals surface area (Å²) in [5.41, 5.74) is 4.91. The fraction of sp³-hybridized carbons (Fsp3) is 0.259. The number of hydrogen-bond acceptors (Lipinski definition) is 7. The van der Waals surface area contributed by atoms with Crippen molar-refractivity contribution in [1.82, 2.24) is 24.4 Å². The van der Waals surface area contributed by atoms with E-state index in [9.17, 15) is 0 Å². The normalized spacial score (nSPS) is 13.8. The van der Waals surface area contributed by atoms with E-state index < -0.39 is 0 Å². The van der Waals surface area contributed by atoms with Crippen LogP contribution in [0.4, 0.5) is 15.8 Å². The van der Waals surface area contributed by atoms with Crippen LogP contribution in [0.25, 0.3) is 28.1 Å². The van der Waals surface area contributed by atoms with E-state index in [1.165, 1.54) is 17.8 Å². The van der Waals surface area contributed by atoms with E-state index in [4.69, 9.17) is 16.7 Å². The van der Waals surface area contributed by atoms with E-state index in [0.29, 0.717) is 27.5 Å². The Labute approximate surface area is 225 Å². The van der Waals surface area contributed by atoms with Crippen molar-refractivity contribution in [3.63, 3.8) is 0 Å². The van der Waals surface area contributed by atoms with Crippen LogP contribution in [0.2, 0.25) is 5.02 Å². The van der Waals surface area contributed by atoms with Crippen molar-refractivity contribution in [2.24, 2.45) is 0 Å². The number of nitrogens with zero attached hydrogens (tertiary/aromatic N) is 5. The number of hydrogen-bond donors (Lipinski definition) is 2. The number of anilines is 2. The summed E-state index contributed by atoms with van der Waals surface area (Å²) in [6.07, 6.45) is 5.28. The number of halogens is 2. The first-order valence-corrected chi connectivity index (χ1v) is 13.4. The molecule has 7 nitrogen and oxygen atoms in total. The summed E-state index contributed by atoms with van der Waals surface area (Å²) in [4.78, 5) is 6.49. The second kappa shape index (κ2) is 11.5. The van der Waals surface area contributed by atoms with Crippen LogP contribution >= 0.6 is 23.7 Å². The van der Waals surface area contributed by atoms with Crippen molar-refractivity contribution >= 4 is 35.1 Å². The molecule has 1 saturated heterocycles. The first-order chi connectivity index (χ1) is 18.0. The molecule has 10 heteroatoms. The highest BCUT2D eigenvalue weighted by atomic mass is 35.5. The molecule has 3 heterocycles. The van der Waals surface area contributed by atoms with Crippen LogP contribution in [0.1, 0.15) is 6.92 Å². The molecule has 2 aromatic carbocycles. The van der Waals surface area contributed by atoms with Gasteiger partial charge in [-0.05, 0) is 55.6 Å². The third-order valence-corrected chi connectivity index (χ3v) is 7.45. The minimum absolute atomic E-state index is 0.321. The summed E-state index contributed by atoms with van der Waals surface area (Å²) in [6.45, 7) is 6.76. The smallest absolute Gasteiger partial charge is 0.155 e. The first-order valence-electron chi connectivity index (χ1n) is 12.2. The zero-order chi connectivity index (χ0) is 25.8. The molecular weight excluding hydrogens is 509 g/mol. The molecule has 0 bridgehead atoms. The molecular formula is C27H29ClFN7S. The van der Waals surface area contributed by atoms with Gasteiger partial charge in [0, 0.05) is 90.8 Å². The van der Waals surface area contributed by atoms with Crippen LogP contribution in [-0.4, -0.2) is 58.8 Å². The second-order valence-corrected chi connectivity index (χ2v) is 10.2. The van der Waals surface area contributed by atoms with Crippen molar-refractivity contribution < 1.29 is 4.39 Å². The van der Waals surface area contributed by atoms with Crippen LogP contribution < -0.4 is 14.9 Å². The molecule has 1 aliphatic heterocycles. The van der Waals surface area contributed by atoms with Crippen molar-refractivity contribution in [3.8, 4) is 28.1 Å². The largest absolute Gasteiger partial charge is 0.369 e. The van der Waals surface area contributed by atoms with E-state index in [2.05, 4.69) is 32.1 Å². The van der Waals surface area contributed by atoms with Crippen LogP contribution in [0.15, 0.2) is 67.1 Å². The molecule has 37 heavy (non-hydrogen) atoms. The fourth-order valence-corrected chi connectivity index (χ4v) is 4.97. The van der Waals surface area contributed by atoms with Crippen molar-refractivity contribution in [1.29, 1.82) is 0 Å². The molecule has 192 valence electrons. The molecule has 0 spiro atoms. The maximum atomic E-state index is 15.8. The Morgan fingerprint density at radius 3 is 2.46 bits per heavy atom. The quantitative estimate of drug-likeness (QED) is 0.278. The zero-order valence-corrected chi connectivity index (χ0v) is 22.4. The Balaban J connectivity index is 1.55. The van der Waals surface area contributed by atoms with Gasteiger partial charge in [-0.25, -0.2) is 13.4 Å². The van der Waals surface area contributed by atoms with Crippen LogP contribution in [0.5, 0.6) is 0 Å². The summed E-state index contributed by atoms with van der Waals surface area (Å²) < 4.78 is 22.7. The Morgan fingerprint density at radius 2 is 1.76 bits per heavy atom. The van der Waals surface area contributed by atoms with E-state index in [1.54, 1.807) is 29.2 Å². The van der Waals surface area contributed by atoms with Gasteiger partial charge in [0.2, 0.25) is 0 Å². The van der Waals surface area contributed by atoms with E-state index in [0.717, 1.165) is 44.0 Å². The standard InChI is InChI=1S/C27H29ClFN7S/c1-3-34(2)37-33-25-17-20(28)16-23(26(25)29)24-18-36(32-27(24)19-8-10-30-11-9-19)22-6-4-21(5-7-22)35-14-12-31-13-15-35/h4-11,16-18,31,33H,3,12-15H2,1-2H3. The Bertz CT molecular complexity index is 1340. The maximum Gasteiger partial charge on any atom is 0.155 e. The van der Waals surface area contributed by atoms with Gasteiger partial charge < -0.3 is 14.9 Å². The van der Waals surface area contributed by atoms with Gasteiger partial charge in [0.25, 0.3) is 0 Å². The second-order valence-electron chi connectivity index (χ2n) is 8.78. The predicted molar refractivity (Wildman–Crippen MR) is 152 cm³/mol. The number of rotatable bonds is 8. The van der Waals surface area contributed by atoms with Gasteiger partial charge in [0.1, 0.15) is 5.69 Å². The molecule has 0 saturated carbocycles. The Morgan fingerprint density at radius 1 is 1.05 bits per heavy atom. The molecule has 0 atom stereocenters. The number of nitrogens with one attached hydrogen (secondary N) is 2. The average Bonchev–Trinajstić information content (AvgIpc) is 3.39. The summed E-state index contributed by atoms with van der Waals surface area (Å²) in [7, 11) is 1.93. The Kier molecular flexibility index (Phi) is 7.95. The average molecular weight is 538 g/mol. The van der Waals surface area contributed by atoms with Gasteiger partial charge in [-0.2, -0.15) is 5.10 Å². The number of aromatic nitrogens is 3. The van der Waals surface area contributed by atoms with Gasteiger partial charge in [-0.15, -0.1) is 0 Å². The Hall–Kier alpha value is -3.11. The van der Waals surface area contributed by atoms with E-state index in [-0.39, 0.29) is 5.82 Å². The third-order valence-electron chi connectivity index (χ3n) is 6.35. The van der Waals surface area contributed by atoms with Crippen molar-refractivity contribution in [2.45, 2.75) is 6.92 Å². The minimum Gasteiger partial charge on any atom is -0.369 e. The molecule has 2 N–H and O–H groups in total. The lowest BCUT2D eigenvalue weighted by Gasteiger charge is -2.29. The molecule has 2 aromatic heterocycles. The monoisotopic (exact) mass is 537 g/mol. The lowest BCUT2D eigenvalue weighted by Crippen LogP contribution is -2.43. The zero-order valence-electron chi connectivity index (χ0n) is 20.8. The molecule has 5 rings (SSSR count). The summed E-state index contributed by atoms with van der Waals surface area (Å²) in [5, 5.41) is 8.70. The summed E-state index contributed by atoms with van der Waals surface area (Å²) in [6, 6.07) is 15.3. The highest BCUT2D eigenvalue weighted by Gasteiger charge is 2.21. The maximum absolute atomic E-state index is 15.8. The third kappa shape index (κ3) is 5.75. The van der Waals surface area contributed by atoms with Crippen molar-refractivity contribution in [2.75, 3.05) is 49.4 Å². The van der Waals surface area contributed by atoms with Gasteiger partial charge in [-0.3, -0.25) is 4.98 Å². The topological polar surface area (TPSA) is 61.2 Å².